The van der Waals surface area contributed by atoms with Gasteiger partial charge >= 0.3 is 12.3 Å². The number of hydrogen-bond acceptors (Lipinski definition) is 2. The van der Waals surface area contributed by atoms with Crippen molar-refractivity contribution < 1.29 is 22.7 Å². The van der Waals surface area contributed by atoms with E-state index in [0.29, 0.717) is 6.54 Å². The second kappa shape index (κ2) is 7.40. The predicted octanol–water partition coefficient (Wildman–Crippen LogP) is 3.59. The third-order valence-corrected chi connectivity index (χ3v) is 2.22. The maximum absolute atomic E-state index is 11.9. The summed E-state index contributed by atoms with van der Waals surface area (Å²) in [7, 11) is 0. The highest BCUT2D eigenvalue weighted by Gasteiger charge is 2.31. The summed E-state index contributed by atoms with van der Waals surface area (Å²) in [6.45, 7) is 4.42. The Bertz CT molecular complexity index is 229. The van der Waals surface area contributed by atoms with Gasteiger partial charge in [-0.15, -0.1) is 0 Å². The molecule has 102 valence electrons. The molecule has 0 aliphatic heterocycles. The quantitative estimate of drug-likeness (QED) is 0.679. The molecule has 0 saturated heterocycles. The fraction of sp³-hybridized carbons (Fsp3) is 0.909. The molecule has 1 amide bonds. The highest BCUT2D eigenvalue weighted by atomic mass is 19.4. The van der Waals surface area contributed by atoms with Gasteiger partial charge in [-0.3, -0.25) is 0 Å². The number of amides is 1. The summed E-state index contributed by atoms with van der Waals surface area (Å²) in [6.07, 6.45) is -2.66. The Labute approximate surface area is 99.9 Å². The summed E-state index contributed by atoms with van der Waals surface area (Å²) >= 11 is 0. The Kier molecular flexibility index (Phi) is 6.99. The highest BCUT2D eigenvalue weighted by Crippen LogP contribution is 2.16. The van der Waals surface area contributed by atoms with Gasteiger partial charge < -0.3 is 9.64 Å². The van der Waals surface area contributed by atoms with Crippen LogP contribution in [0.3, 0.4) is 0 Å². The van der Waals surface area contributed by atoms with Gasteiger partial charge in [-0.25, -0.2) is 4.79 Å². The van der Waals surface area contributed by atoms with Crippen LogP contribution in [0.2, 0.25) is 0 Å². The largest absolute Gasteiger partial charge is 0.440 e. The van der Waals surface area contributed by atoms with E-state index in [1.807, 2.05) is 6.92 Å². The van der Waals surface area contributed by atoms with Gasteiger partial charge in [0, 0.05) is 12.6 Å². The lowest BCUT2D eigenvalue weighted by Gasteiger charge is -2.26. The number of nitrogens with zero attached hydrogens (tertiary/aromatic N) is 1. The van der Waals surface area contributed by atoms with E-state index in [0.717, 1.165) is 19.3 Å². The van der Waals surface area contributed by atoms with Crippen LogP contribution in [-0.2, 0) is 4.74 Å². The molecule has 0 bridgehead atoms. The van der Waals surface area contributed by atoms with Gasteiger partial charge in [0.25, 0.3) is 0 Å². The zero-order chi connectivity index (χ0) is 13.5. The topological polar surface area (TPSA) is 29.5 Å². The number of halogens is 3. The number of unbranched alkanes of at least 4 members (excludes halogenated alkanes) is 2. The molecule has 0 aliphatic rings. The minimum atomic E-state index is -4.47. The van der Waals surface area contributed by atoms with Crippen LogP contribution in [0, 0.1) is 0 Å². The molecule has 0 N–H and O–H groups in total. The fourth-order valence-corrected chi connectivity index (χ4v) is 1.32. The molecule has 0 aromatic rings. The average molecular weight is 255 g/mol. The Morgan fingerprint density at radius 3 is 2.29 bits per heavy atom. The molecule has 6 heteroatoms. The molecule has 0 spiro atoms. The monoisotopic (exact) mass is 255 g/mol. The van der Waals surface area contributed by atoms with Crippen molar-refractivity contribution in [3.05, 3.63) is 0 Å². The molecule has 0 aromatic heterocycles. The van der Waals surface area contributed by atoms with Crippen LogP contribution in [0.1, 0.15) is 40.0 Å². The molecule has 3 nitrogen and oxygen atoms in total. The summed E-state index contributed by atoms with van der Waals surface area (Å²) < 4.78 is 39.9. The smallest absolute Gasteiger partial charge is 0.422 e. The Balaban J connectivity index is 4.16. The van der Waals surface area contributed by atoms with E-state index >= 15 is 0 Å². The third-order valence-electron chi connectivity index (χ3n) is 2.22. The van der Waals surface area contributed by atoms with Crippen LogP contribution in [0.4, 0.5) is 18.0 Å². The molecule has 0 rings (SSSR count). The second-order valence-corrected chi connectivity index (χ2v) is 4.16. The second-order valence-electron chi connectivity index (χ2n) is 4.16. The molecule has 0 radical (unpaired) electrons. The van der Waals surface area contributed by atoms with Gasteiger partial charge in [-0.2, -0.15) is 13.2 Å². The number of carbonyl (C=O) groups excluding carboxylic acids is 1. The molecule has 0 fully saturated rings. The van der Waals surface area contributed by atoms with Crippen molar-refractivity contribution in [2.75, 3.05) is 13.2 Å². The average Bonchev–Trinajstić information content (AvgIpc) is 2.19. The SMILES string of the molecule is CCCCCN(C(=O)OCC(F)(F)F)C(C)C. The van der Waals surface area contributed by atoms with E-state index < -0.39 is 18.9 Å². The molecule has 0 heterocycles. The van der Waals surface area contributed by atoms with Gasteiger partial charge in [0.15, 0.2) is 6.61 Å². The van der Waals surface area contributed by atoms with Crippen molar-refractivity contribution in [2.45, 2.75) is 52.3 Å². The van der Waals surface area contributed by atoms with Crippen molar-refractivity contribution in [3.63, 3.8) is 0 Å². The van der Waals surface area contributed by atoms with E-state index in [-0.39, 0.29) is 6.04 Å². The zero-order valence-electron chi connectivity index (χ0n) is 10.5. The normalized spacial score (nSPS) is 11.7. The molecular weight excluding hydrogens is 235 g/mol. The first-order chi connectivity index (χ1) is 7.78. The van der Waals surface area contributed by atoms with Gasteiger partial charge in [-0.05, 0) is 20.3 Å². The zero-order valence-corrected chi connectivity index (χ0v) is 10.5. The standard InChI is InChI=1S/C11H20F3NO2/c1-4-5-6-7-15(9(2)3)10(16)17-8-11(12,13)14/h9H,4-8H2,1-3H3. The summed E-state index contributed by atoms with van der Waals surface area (Å²) in [5.41, 5.74) is 0. The lowest BCUT2D eigenvalue weighted by atomic mass is 10.2. The van der Waals surface area contributed by atoms with Crippen LogP contribution >= 0.6 is 0 Å². The van der Waals surface area contributed by atoms with Gasteiger partial charge in [0.2, 0.25) is 0 Å². The molecule has 0 aromatic carbocycles. The number of carbonyl (C=O) groups is 1. The van der Waals surface area contributed by atoms with Crippen molar-refractivity contribution >= 4 is 6.09 Å². The summed E-state index contributed by atoms with van der Waals surface area (Å²) in [5.74, 6) is 0. The molecule has 17 heavy (non-hydrogen) atoms. The summed E-state index contributed by atoms with van der Waals surface area (Å²) in [4.78, 5) is 12.8. The fourth-order valence-electron chi connectivity index (χ4n) is 1.32. The number of ether oxygens (including phenoxy) is 1. The summed E-state index contributed by atoms with van der Waals surface area (Å²) in [5, 5.41) is 0. The summed E-state index contributed by atoms with van der Waals surface area (Å²) in [6, 6.07) is -0.160. The van der Waals surface area contributed by atoms with Crippen LogP contribution in [0.5, 0.6) is 0 Å². The Hall–Kier alpha value is -0.940. The van der Waals surface area contributed by atoms with E-state index in [1.165, 1.54) is 4.90 Å². The van der Waals surface area contributed by atoms with Gasteiger partial charge in [0.1, 0.15) is 0 Å². The van der Waals surface area contributed by atoms with Crippen molar-refractivity contribution in [1.29, 1.82) is 0 Å². The van der Waals surface area contributed by atoms with E-state index in [9.17, 15) is 18.0 Å². The Morgan fingerprint density at radius 1 is 1.29 bits per heavy atom. The van der Waals surface area contributed by atoms with Crippen LogP contribution in [-0.4, -0.2) is 36.4 Å². The van der Waals surface area contributed by atoms with Gasteiger partial charge in [0.05, 0.1) is 0 Å². The lowest BCUT2D eigenvalue weighted by molar-refractivity contribution is -0.162. The van der Waals surface area contributed by atoms with E-state index in [2.05, 4.69) is 4.74 Å². The minimum Gasteiger partial charge on any atom is -0.440 e. The lowest BCUT2D eigenvalue weighted by Crippen LogP contribution is -2.39. The molecule has 0 aliphatic carbocycles. The van der Waals surface area contributed by atoms with E-state index in [1.54, 1.807) is 13.8 Å². The maximum atomic E-state index is 11.9. The molecular formula is C11H20F3NO2. The van der Waals surface area contributed by atoms with E-state index in [4.69, 9.17) is 0 Å². The molecule has 0 atom stereocenters. The first-order valence-corrected chi connectivity index (χ1v) is 5.78. The van der Waals surface area contributed by atoms with Crippen LogP contribution < -0.4 is 0 Å². The predicted molar refractivity (Wildman–Crippen MR) is 58.8 cm³/mol. The Morgan fingerprint density at radius 2 is 1.88 bits per heavy atom. The number of hydrogen-bond donors (Lipinski definition) is 0. The van der Waals surface area contributed by atoms with Crippen LogP contribution in [0.15, 0.2) is 0 Å². The van der Waals surface area contributed by atoms with Crippen LogP contribution in [0.25, 0.3) is 0 Å². The first kappa shape index (κ1) is 16.1. The van der Waals surface area contributed by atoms with Crippen molar-refractivity contribution in [2.24, 2.45) is 0 Å². The van der Waals surface area contributed by atoms with Gasteiger partial charge in [-0.1, -0.05) is 19.8 Å². The minimum absolute atomic E-state index is 0.160. The van der Waals surface area contributed by atoms with Crippen molar-refractivity contribution in [3.8, 4) is 0 Å². The maximum Gasteiger partial charge on any atom is 0.422 e. The van der Waals surface area contributed by atoms with Crippen molar-refractivity contribution in [1.82, 2.24) is 4.90 Å². The first-order valence-electron chi connectivity index (χ1n) is 5.78. The highest BCUT2D eigenvalue weighted by molar-refractivity contribution is 5.67. The molecule has 0 saturated carbocycles. The number of alkyl halides is 3. The molecule has 0 unspecified atom stereocenters. The number of rotatable bonds is 6. The third kappa shape index (κ3) is 7.88.